The number of carbonyl (C=O) groups is 1. The second-order valence-electron chi connectivity index (χ2n) is 8.02. The number of carbonyl (C=O) groups excluding carboxylic acids is 1. The number of fused-ring (bicyclic) bond motifs is 2. The van der Waals surface area contributed by atoms with Crippen LogP contribution < -0.4 is 5.32 Å². The highest BCUT2D eigenvalue weighted by atomic mass is 16.1. The standard InChI is InChI=1S/C23H26N6O/c1-15-26-21-18(7-8-24-22(21)27-15)20-13-16-5-6-17(14-19(16)28-20)23(30)25-9-12-29-10-3-2-4-11-29/h5-8,13-14,28H,2-4,9-12H2,1H3,(H,25,30)(H,24,26,27). The number of piperidine rings is 1. The van der Waals surface area contributed by atoms with Gasteiger partial charge in [0.2, 0.25) is 0 Å². The fourth-order valence-corrected chi connectivity index (χ4v) is 4.28. The summed E-state index contributed by atoms with van der Waals surface area (Å²) in [6.07, 6.45) is 5.63. The molecule has 1 aliphatic heterocycles. The van der Waals surface area contributed by atoms with E-state index < -0.39 is 0 Å². The number of hydrogen-bond donors (Lipinski definition) is 3. The molecule has 0 saturated carbocycles. The van der Waals surface area contributed by atoms with Crippen LogP contribution in [-0.4, -0.2) is 56.9 Å². The van der Waals surface area contributed by atoms with Crippen molar-refractivity contribution in [3.05, 3.63) is 47.9 Å². The molecule has 0 radical (unpaired) electrons. The first-order chi connectivity index (χ1) is 14.7. The van der Waals surface area contributed by atoms with E-state index in [0.717, 1.165) is 53.1 Å². The van der Waals surface area contributed by atoms with Gasteiger partial charge in [0.1, 0.15) is 5.82 Å². The molecule has 0 aliphatic carbocycles. The fraction of sp³-hybridized carbons (Fsp3) is 0.348. The minimum Gasteiger partial charge on any atom is -0.354 e. The van der Waals surface area contributed by atoms with E-state index in [1.165, 1.54) is 19.3 Å². The highest BCUT2D eigenvalue weighted by Crippen LogP contribution is 2.29. The summed E-state index contributed by atoms with van der Waals surface area (Å²) in [5, 5.41) is 4.13. The molecule has 154 valence electrons. The molecule has 1 aliphatic rings. The van der Waals surface area contributed by atoms with Crippen LogP contribution in [0, 0.1) is 6.92 Å². The van der Waals surface area contributed by atoms with E-state index in [1.54, 1.807) is 6.20 Å². The maximum absolute atomic E-state index is 12.6. The van der Waals surface area contributed by atoms with Gasteiger partial charge in [-0.3, -0.25) is 4.79 Å². The Hall–Kier alpha value is -3.19. The third-order valence-corrected chi connectivity index (χ3v) is 5.85. The molecule has 1 aromatic carbocycles. The fourth-order valence-electron chi connectivity index (χ4n) is 4.28. The lowest BCUT2D eigenvalue weighted by Crippen LogP contribution is -2.37. The van der Waals surface area contributed by atoms with Crippen LogP contribution in [0.5, 0.6) is 0 Å². The van der Waals surface area contributed by atoms with Crippen molar-refractivity contribution in [1.29, 1.82) is 0 Å². The number of benzene rings is 1. The highest BCUT2D eigenvalue weighted by molar-refractivity contribution is 6.00. The van der Waals surface area contributed by atoms with Crippen molar-refractivity contribution >= 4 is 28.0 Å². The first-order valence-electron chi connectivity index (χ1n) is 10.6. The molecule has 7 nitrogen and oxygen atoms in total. The summed E-state index contributed by atoms with van der Waals surface area (Å²) in [6, 6.07) is 9.87. The van der Waals surface area contributed by atoms with Gasteiger partial charge >= 0.3 is 0 Å². The van der Waals surface area contributed by atoms with Gasteiger partial charge in [-0.2, -0.15) is 0 Å². The molecule has 1 fully saturated rings. The third-order valence-electron chi connectivity index (χ3n) is 5.85. The maximum atomic E-state index is 12.6. The normalized spacial score (nSPS) is 15.1. The van der Waals surface area contributed by atoms with Gasteiger partial charge in [0.25, 0.3) is 5.91 Å². The van der Waals surface area contributed by atoms with Gasteiger partial charge in [0.05, 0.1) is 5.52 Å². The number of likely N-dealkylation sites (tertiary alicyclic amines) is 1. The molecule has 7 heteroatoms. The average molecular weight is 403 g/mol. The van der Waals surface area contributed by atoms with Crippen LogP contribution in [0.15, 0.2) is 36.5 Å². The number of H-pyrrole nitrogens is 2. The number of amides is 1. The zero-order valence-corrected chi connectivity index (χ0v) is 17.2. The quantitative estimate of drug-likeness (QED) is 0.475. The third kappa shape index (κ3) is 3.68. The Morgan fingerprint density at radius 3 is 2.87 bits per heavy atom. The molecule has 1 amide bonds. The Bertz CT molecular complexity index is 1200. The number of nitrogens with one attached hydrogen (secondary N) is 3. The highest BCUT2D eigenvalue weighted by Gasteiger charge is 2.13. The van der Waals surface area contributed by atoms with Crippen LogP contribution in [0.25, 0.3) is 33.3 Å². The van der Waals surface area contributed by atoms with Crippen LogP contribution >= 0.6 is 0 Å². The largest absolute Gasteiger partial charge is 0.354 e. The van der Waals surface area contributed by atoms with E-state index in [-0.39, 0.29) is 5.91 Å². The summed E-state index contributed by atoms with van der Waals surface area (Å²) < 4.78 is 0. The van der Waals surface area contributed by atoms with Crippen molar-refractivity contribution in [1.82, 2.24) is 30.2 Å². The van der Waals surface area contributed by atoms with Gasteiger partial charge in [0, 0.05) is 47.0 Å². The summed E-state index contributed by atoms with van der Waals surface area (Å²) in [5.41, 5.74) is 5.23. The monoisotopic (exact) mass is 402 g/mol. The minimum atomic E-state index is -0.0273. The Kier molecular flexibility index (Phi) is 4.96. The molecule has 0 bridgehead atoms. The van der Waals surface area contributed by atoms with Gasteiger partial charge < -0.3 is 20.2 Å². The SMILES string of the molecule is Cc1nc2nccc(-c3cc4ccc(C(=O)NCCN5CCCCC5)cc4[nH]3)c2[nH]1. The lowest BCUT2D eigenvalue weighted by atomic mass is 10.1. The van der Waals surface area contributed by atoms with E-state index in [9.17, 15) is 4.79 Å². The molecule has 3 N–H and O–H groups in total. The number of pyridine rings is 1. The van der Waals surface area contributed by atoms with Crippen molar-refractivity contribution in [2.24, 2.45) is 0 Å². The van der Waals surface area contributed by atoms with E-state index in [2.05, 4.69) is 36.2 Å². The van der Waals surface area contributed by atoms with Crippen LogP contribution in [0.4, 0.5) is 0 Å². The number of hydrogen-bond acceptors (Lipinski definition) is 4. The summed E-state index contributed by atoms with van der Waals surface area (Å²) >= 11 is 0. The molecule has 4 aromatic rings. The molecular formula is C23H26N6O. The van der Waals surface area contributed by atoms with E-state index in [1.807, 2.05) is 31.2 Å². The van der Waals surface area contributed by atoms with E-state index in [4.69, 9.17) is 0 Å². The predicted octanol–water partition coefficient (Wildman–Crippen LogP) is 3.63. The molecule has 0 spiro atoms. The van der Waals surface area contributed by atoms with Crippen molar-refractivity contribution in [3.8, 4) is 11.3 Å². The number of aryl methyl sites for hydroxylation is 1. The zero-order chi connectivity index (χ0) is 20.5. The Morgan fingerprint density at radius 1 is 1.13 bits per heavy atom. The molecule has 5 rings (SSSR count). The lowest BCUT2D eigenvalue weighted by molar-refractivity contribution is 0.0946. The van der Waals surface area contributed by atoms with E-state index >= 15 is 0 Å². The molecule has 0 atom stereocenters. The second kappa shape index (κ2) is 7.91. The van der Waals surface area contributed by atoms with Crippen molar-refractivity contribution < 1.29 is 4.79 Å². The van der Waals surface area contributed by atoms with Crippen LogP contribution in [-0.2, 0) is 0 Å². The number of rotatable bonds is 5. The number of imidazole rings is 1. The predicted molar refractivity (Wildman–Crippen MR) is 119 cm³/mol. The first-order valence-corrected chi connectivity index (χ1v) is 10.6. The molecule has 3 aromatic heterocycles. The minimum absolute atomic E-state index is 0.0273. The van der Waals surface area contributed by atoms with Crippen molar-refractivity contribution in [2.75, 3.05) is 26.2 Å². The first kappa shape index (κ1) is 18.8. The van der Waals surface area contributed by atoms with Crippen LogP contribution in [0.1, 0.15) is 35.4 Å². The Balaban J connectivity index is 1.34. The number of aromatic amines is 2. The molecular weight excluding hydrogens is 376 g/mol. The van der Waals surface area contributed by atoms with Crippen molar-refractivity contribution in [3.63, 3.8) is 0 Å². The average Bonchev–Trinajstić information content (AvgIpc) is 3.36. The summed E-state index contributed by atoms with van der Waals surface area (Å²) in [7, 11) is 0. The lowest BCUT2D eigenvalue weighted by Gasteiger charge is -2.26. The van der Waals surface area contributed by atoms with Crippen LogP contribution in [0.2, 0.25) is 0 Å². The van der Waals surface area contributed by atoms with Gasteiger partial charge in [-0.05, 0) is 57.1 Å². The molecule has 0 unspecified atom stereocenters. The van der Waals surface area contributed by atoms with Gasteiger partial charge in [-0.15, -0.1) is 0 Å². The molecule has 30 heavy (non-hydrogen) atoms. The zero-order valence-electron chi connectivity index (χ0n) is 17.2. The van der Waals surface area contributed by atoms with Gasteiger partial charge in [-0.1, -0.05) is 12.5 Å². The maximum Gasteiger partial charge on any atom is 0.251 e. The summed E-state index contributed by atoms with van der Waals surface area (Å²) in [4.78, 5) is 30.5. The van der Waals surface area contributed by atoms with E-state index in [0.29, 0.717) is 17.8 Å². The number of aromatic nitrogens is 4. The van der Waals surface area contributed by atoms with Gasteiger partial charge in [0.15, 0.2) is 5.65 Å². The molecule has 1 saturated heterocycles. The Morgan fingerprint density at radius 2 is 2.00 bits per heavy atom. The number of nitrogens with zero attached hydrogens (tertiary/aromatic N) is 3. The topological polar surface area (TPSA) is 89.7 Å². The van der Waals surface area contributed by atoms with Gasteiger partial charge in [-0.25, -0.2) is 9.97 Å². The smallest absolute Gasteiger partial charge is 0.251 e. The summed E-state index contributed by atoms with van der Waals surface area (Å²) in [5.74, 6) is 0.810. The summed E-state index contributed by atoms with van der Waals surface area (Å²) in [6.45, 7) is 5.81. The van der Waals surface area contributed by atoms with Crippen molar-refractivity contribution in [2.45, 2.75) is 26.2 Å². The second-order valence-corrected chi connectivity index (χ2v) is 8.02. The Labute approximate surface area is 174 Å². The molecule has 4 heterocycles. The van der Waals surface area contributed by atoms with Crippen LogP contribution in [0.3, 0.4) is 0 Å².